The molecule has 4 aromatic carbocycles. The van der Waals surface area contributed by atoms with Gasteiger partial charge in [-0.1, -0.05) is 87.5 Å². The van der Waals surface area contributed by atoms with Crippen LogP contribution < -0.4 is 9.47 Å². The van der Waals surface area contributed by atoms with E-state index in [1.165, 1.54) is 11.1 Å². The van der Waals surface area contributed by atoms with Gasteiger partial charge in [0.15, 0.2) is 0 Å². The molecule has 0 aromatic heterocycles. The molecule has 0 radical (unpaired) electrons. The zero-order valence-electron chi connectivity index (χ0n) is 26.5. The van der Waals surface area contributed by atoms with Gasteiger partial charge >= 0.3 is 11.9 Å². The lowest BCUT2D eigenvalue weighted by molar-refractivity contribution is -0.152. The van der Waals surface area contributed by atoms with E-state index in [4.69, 9.17) is 9.47 Å². The zero-order valence-corrected chi connectivity index (χ0v) is 26.5. The molecule has 0 spiro atoms. The van der Waals surface area contributed by atoms with E-state index in [1.54, 1.807) is 12.1 Å². The van der Waals surface area contributed by atoms with Crippen molar-refractivity contribution in [1.29, 1.82) is 0 Å². The number of carbonyl (C=O) groups excluding carboxylic acids is 2. The topological polar surface area (TPSA) is 52.6 Å². The van der Waals surface area contributed by atoms with E-state index in [9.17, 15) is 9.59 Å². The van der Waals surface area contributed by atoms with Crippen molar-refractivity contribution in [3.63, 3.8) is 0 Å². The van der Waals surface area contributed by atoms with Gasteiger partial charge in [0.05, 0.1) is 11.8 Å². The van der Waals surface area contributed by atoms with Crippen LogP contribution in [-0.4, -0.2) is 11.9 Å². The average Bonchev–Trinajstić information content (AvgIpc) is 3.08. The average molecular weight is 607 g/mol. The molecular weight excluding hydrogens is 568 g/mol. The van der Waals surface area contributed by atoms with E-state index in [0.717, 1.165) is 60.8 Å². The Morgan fingerprint density at radius 1 is 0.543 bits per heavy atom. The molecule has 4 aromatic rings. The van der Waals surface area contributed by atoms with Crippen molar-refractivity contribution in [2.24, 2.45) is 11.8 Å². The first-order valence-corrected chi connectivity index (χ1v) is 16.4. The monoisotopic (exact) mass is 606 g/mol. The van der Waals surface area contributed by atoms with Crippen molar-refractivity contribution in [3.05, 3.63) is 118 Å². The van der Waals surface area contributed by atoms with Crippen LogP contribution in [0.25, 0.3) is 11.1 Å². The molecule has 2 aliphatic rings. The fraction of sp³-hybridized carbons (Fsp3) is 0.286. The minimum Gasteiger partial charge on any atom is -0.426 e. The summed E-state index contributed by atoms with van der Waals surface area (Å²) in [5, 5.41) is 0. The number of hydrogen-bond acceptors (Lipinski definition) is 4. The third-order valence-corrected chi connectivity index (χ3v) is 8.73. The van der Waals surface area contributed by atoms with Gasteiger partial charge in [-0.05, 0) is 97.5 Å². The van der Waals surface area contributed by atoms with Crippen LogP contribution in [-0.2, 0) is 22.4 Å². The second-order valence-corrected chi connectivity index (χ2v) is 12.2. The first-order chi connectivity index (χ1) is 22.5. The summed E-state index contributed by atoms with van der Waals surface area (Å²) >= 11 is 0. The molecule has 46 heavy (non-hydrogen) atoms. The maximum absolute atomic E-state index is 13.5. The summed E-state index contributed by atoms with van der Waals surface area (Å²) in [7, 11) is 0. The van der Waals surface area contributed by atoms with Crippen LogP contribution in [0.1, 0.15) is 85.8 Å². The number of rotatable bonds is 4. The lowest BCUT2D eigenvalue weighted by Crippen LogP contribution is -2.37. The Morgan fingerprint density at radius 2 is 0.913 bits per heavy atom. The summed E-state index contributed by atoms with van der Waals surface area (Å²) in [6.07, 6.45) is 7.25. The molecule has 1 heterocycles. The summed E-state index contributed by atoms with van der Waals surface area (Å²) in [5.74, 6) is 12.1. The SMILES string of the molecule is CCCc1ccc(C#Cc2ccc3c(c2)-c2cc(C#Cc4ccc(CCC)cc4)ccc2OC(=O)[C@H]2CCCC[C@@H]2C(=O)O3)cc1. The predicted octanol–water partition coefficient (Wildman–Crippen LogP) is 8.69. The largest absolute Gasteiger partial charge is 0.426 e. The number of carbonyl (C=O) groups is 2. The van der Waals surface area contributed by atoms with E-state index in [0.29, 0.717) is 35.5 Å². The molecule has 1 aliphatic carbocycles. The second-order valence-electron chi connectivity index (χ2n) is 12.2. The molecule has 4 heteroatoms. The van der Waals surface area contributed by atoms with Gasteiger partial charge in [-0.2, -0.15) is 0 Å². The Morgan fingerprint density at radius 3 is 1.30 bits per heavy atom. The van der Waals surface area contributed by atoms with Crippen LogP contribution in [0.5, 0.6) is 11.5 Å². The third-order valence-electron chi connectivity index (χ3n) is 8.73. The van der Waals surface area contributed by atoms with Crippen LogP contribution >= 0.6 is 0 Å². The van der Waals surface area contributed by atoms with Gasteiger partial charge in [0.25, 0.3) is 0 Å². The van der Waals surface area contributed by atoms with Gasteiger partial charge in [0.2, 0.25) is 0 Å². The fourth-order valence-electron chi connectivity index (χ4n) is 6.25. The van der Waals surface area contributed by atoms with E-state index in [2.05, 4.69) is 61.8 Å². The van der Waals surface area contributed by atoms with E-state index >= 15 is 0 Å². The van der Waals surface area contributed by atoms with Crippen molar-refractivity contribution in [3.8, 4) is 46.3 Å². The predicted molar refractivity (Wildman–Crippen MR) is 181 cm³/mol. The zero-order chi connectivity index (χ0) is 31.9. The fourth-order valence-corrected chi connectivity index (χ4v) is 6.25. The lowest BCUT2D eigenvalue weighted by Gasteiger charge is -2.29. The first-order valence-electron chi connectivity index (χ1n) is 16.4. The smallest absolute Gasteiger partial charge is 0.315 e. The van der Waals surface area contributed by atoms with E-state index in [1.807, 2.05) is 48.5 Å². The van der Waals surface area contributed by atoms with Crippen LogP contribution in [0.2, 0.25) is 0 Å². The maximum atomic E-state index is 13.5. The van der Waals surface area contributed by atoms with Gasteiger partial charge in [0, 0.05) is 33.4 Å². The van der Waals surface area contributed by atoms with Gasteiger partial charge in [-0.3, -0.25) is 9.59 Å². The van der Waals surface area contributed by atoms with Crippen molar-refractivity contribution in [1.82, 2.24) is 0 Å². The molecule has 4 nitrogen and oxygen atoms in total. The summed E-state index contributed by atoms with van der Waals surface area (Å²) in [6.45, 7) is 4.34. The van der Waals surface area contributed by atoms with Crippen molar-refractivity contribution >= 4 is 11.9 Å². The lowest BCUT2D eigenvalue weighted by atomic mass is 9.79. The maximum Gasteiger partial charge on any atom is 0.315 e. The highest BCUT2D eigenvalue weighted by Crippen LogP contribution is 2.41. The first kappa shape index (κ1) is 30.9. The highest BCUT2D eigenvalue weighted by Gasteiger charge is 2.39. The molecule has 6 rings (SSSR count). The Bertz CT molecular complexity index is 1720. The summed E-state index contributed by atoms with van der Waals surface area (Å²) < 4.78 is 12.1. The molecule has 230 valence electrons. The Hall–Kier alpha value is -5.06. The molecular formula is C42H38O4. The molecule has 0 saturated heterocycles. The minimum atomic E-state index is -0.528. The summed E-state index contributed by atoms with van der Waals surface area (Å²) in [4.78, 5) is 26.9. The standard InChI is InChI=1S/C42H38O4/c1-3-7-29-11-15-31(16-12-29)19-21-33-23-25-39-37(27-33)38-28-34(22-20-32-17-13-30(8-4-2)14-18-32)24-26-40(38)46-42(44)36-10-6-5-9-35(36)41(43)45-39/h11-18,23-28,35-36H,3-10H2,1-2H3/t35-,36-/m0/s1. The van der Waals surface area contributed by atoms with Gasteiger partial charge < -0.3 is 9.47 Å². The summed E-state index contributed by atoms with van der Waals surface area (Å²) in [5.41, 5.74) is 7.19. The third kappa shape index (κ3) is 7.25. The number of fused-ring (bicyclic) bond motifs is 4. The van der Waals surface area contributed by atoms with E-state index in [-0.39, 0.29) is 11.9 Å². The number of benzene rings is 4. The van der Waals surface area contributed by atoms with Gasteiger partial charge in [0.1, 0.15) is 11.5 Å². The van der Waals surface area contributed by atoms with Gasteiger partial charge in [-0.15, -0.1) is 0 Å². The highest BCUT2D eigenvalue weighted by atomic mass is 16.5. The highest BCUT2D eigenvalue weighted by molar-refractivity contribution is 5.89. The molecule has 0 amide bonds. The van der Waals surface area contributed by atoms with Crippen LogP contribution in [0.15, 0.2) is 84.9 Å². The molecule has 1 saturated carbocycles. The number of aryl methyl sites for hydroxylation is 2. The quantitative estimate of drug-likeness (QED) is 0.133. The molecule has 0 unspecified atom stereocenters. The molecule has 1 fully saturated rings. The van der Waals surface area contributed by atoms with Crippen molar-refractivity contribution in [2.45, 2.75) is 65.2 Å². The number of esters is 2. The molecule has 1 aliphatic heterocycles. The molecule has 2 atom stereocenters. The molecule has 0 N–H and O–H groups in total. The Kier molecular flexibility index (Phi) is 9.66. The Labute approximate surface area is 272 Å². The molecule has 0 bridgehead atoms. The number of ether oxygens (including phenoxy) is 2. The van der Waals surface area contributed by atoms with Crippen molar-refractivity contribution < 1.29 is 19.1 Å². The van der Waals surface area contributed by atoms with Crippen molar-refractivity contribution in [2.75, 3.05) is 0 Å². The van der Waals surface area contributed by atoms with Gasteiger partial charge in [-0.25, -0.2) is 0 Å². The van der Waals surface area contributed by atoms with Crippen LogP contribution in [0.4, 0.5) is 0 Å². The second kappa shape index (κ2) is 14.4. The van der Waals surface area contributed by atoms with E-state index < -0.39 is 11.8 Å². The van der Waals surface area contributed by atoms with Crippen LogP contribution in [0, 0.1) is 35.5 Å². The van der Waals surface area contributed by atoms with Crippen LogP contribution in [0.3, 0.4) is 0 Å². The summed E-state index contributed by atoms with van der Waals surface area (Å²) in [6, 6.07) is 27.8. The normalized spacial score (nSPS) is 17.0. The Balaban J connectivity index is 1.41. The minimum absolute atomic E-state index is 0.389. The number of hydrogen-bond donors (Lipinski definition) is 0.